The van der Waals surface area contributed by atoms with Gasteiger partial charge in [-0.15, -0.1) is 5.10 Å². The van der Waals surface area contributed by atoms with Gasteiger partial charge in [-0.1, -0.05) is 42.8 Å². The fourth-order valence-corrected chi connectivity index (χ4v) is 3.52. The minimum Gasteiger partial charge on any atom is -0.384 e. The number of thioether (sulfide) groups is 1. The molecule has 0 unspecified atom stereocenters. The van der Waals surface area contributed by atoms with Crippen molar-refractivity contribution in [3.8, 4) is 0 Å². The fraction of sp³-hybridized carbons (Fsp3) is 0.429. The molecule has 7 heteroatoms. The van der Waals surface area contributed by atoms with E-state index in [4.69, 9.17) is 11.1 Å². The molecule has 1 aromatic heterocycles. The van der Waals surface area contributed by atoms with Crippen molar-refractivity contribution in [3.63, 3.8) is 0 Å². The number of hydrogen-bond donors (Lipinski definition) is 2. The zero-order valence-corrected chi connectivity index (χ0v) is 12.5. The zero-order chi connectivity index (χ0) is 14.7. The quantitative estimate of drug-likeness (QED) is 0.502. The van der Waals surface area contributed by atoms with Gasteiger partial charge >= 0.3 is 0 Å². The van der Waals surface area contributed by atoms with E-state index in [1.807, 2.05) is 28.9 Å². The van der Waals surface area contributed by atoms with E-state index in [9.17, 15) is 0 Å². The number of benzene rings is 1. The Hall–Kier alpha value is -1.89. The largest absolute Gasteiger partial charge is 0.384 e. The number of rotatable bonds is 5. The summed E-state index contributed by atoms with van der Waals surface area (Å²) < 4.78 is 1.96. The van der Waals surface area contributed by atoms with E-state index in [0.717, 1.165) is 22.0 Å². The van der Waals surface area contributed by atoms with Crippen molar-refractivity contribution < 1.29 is 0 Å². The van der Waals surface area contributed by atoms with Crippen LogP contribution in [0.1, 0.15) is 42.9 Å². The van der Waals surface area contributed by atoms with Crippen LogP contribution in [-0.2, 0) is 5.75 Å². The summed E-state index contributed by atoms with van der Waals surface area (Å²) in [5.41, 5.74) is 7.39. The van der Waals surface area contributed by atoms with Crippen LogP contribution >= 0.6 is 11.8 Å². The first-order chi connectivity index (χ1) is 10.2. The van der Waals surface area contributed by atoms with Crippen LogP contribution < -0.4 is 5.73 Å². The van der Waals surface area contributed by atoms with E-state index in [2.05, 4.69) is 15.5 Å². The summed E-state index contributed by atoms with van der Waals surface area (Å²) in [4.78, 5) is 0. The highest BCUT2D eigenvalue weighted by molar-refractivity contribution is 7.98. The Morgan fingerprint density at radius 1 is 1.38 bits per heavy atom. The van der Waals surface area contributed by atoms with Crippen molar-refractivity contribution in [1.29, 1.82) is 5.41 Å². The number of hydrogen-bond acceptors (Lipinski definition) is 5. The van der Waals surface area contributed by atoms with Crippen molar-refractivity contribution in [3.05, 3.63) is 35.4 Å². The van der Waals surface area contributed by atoms with Crippen LogP contribution in [0.3, 0.4) is 0 Å². The smallest absolute Gasteiger partial charge is 0.209 e. The van der Waals surface area contributed by atoms with Gasteiger partial charge in [0, 0.05) is 11.3 Å². The second-order valence-corrected chi connectivity index (χ2v) is 6.19. The van der Waals surface area contributed by atoms with Crippen molar-refractivity contribution in [2.24, 2.45) is 5.73 Å². The third kappa shape index (κ3) is 3.24. The number of nitrogens with one attached hydrogen (secondary N) is 1. The normalized spacial score (nSPS) is 15.4. The van der Waals surface area contributed by atoms with E-state index in [0.29, 0.717) is 6.04 Å². The molecule has 0 spiro atoms. The van der Waals surface area contributed by atoms with Gasteiger partial charge in [0.15, 0.2) is 0 Å². The average molecular weight is 302 g/mol. The lowest BCUT2D eigenvalue weighted by Gasteiger charge is -2.10. The lowest BCUT2D eigenvalue weighted by molar-refractivity contribution is 0.423. The molecular formula is C14H18N6S. The van der Waals surface area contributed by atoms with Crippen molar-refractivity contribution in [1.82, 2.24) is 20.2 Å². The Labute approximate surface area is 127 Å². The molecule has 3 N–H and O–H groups in total. The Morgan fingerprint density at radius 2 is 2.19 bits per heavy atom. The molecule has 2 aromatic rings. The Morgan fingerprint density at radius 3 is 2.95 bits per heavy atom. The molecule has 0 atom stereocenters. The molecule has 1 aromatic carbocycles. The van der Waals surface area contributed by atoms with E-state index in [1.54, 1.807) is 11.8 Å². The van der Waals surface area contributed by atoms with Crippen LogP contribution in [0.2, 0.25) is 0 Å². The molecule has 3 rings (SSSR count). The standard InChI is InChI=1S/C14H18N6S/c15-13(16)11-5-3-4-10(8-11)9-21-14-17-18-19-20(14)12-6-1-2-7-12/h3-5,8,12H,1-2,6-7,9H2,(H3,15,16). The van der Waals surface area contributed by atoms with Gasteiger partial charge in [-0.05, 0) is 34.9 Å². The van der Waals surface area contributed by atoms with Gasteiger partial charge in [0.05, 0.1) is 6.04 Å². The maximum atomic E-state index is 7.49. The van der Waals surface area contributed by atoms with Gasteiger partial charge in [0.1, 0.15) is 5.84 Å². The summed E-state index contributed by atoms with van der Waals surface area (Å²) >= 11 is 1.63. The highest BCUT2D eigenvalue weighted by Crippen LogP contribution is 2.32. The van der Waals surface area contributed by atoms with Gasteiger partial charge in [-0.25, -0.2) is 4.68 Å². The van der Waals surface area contributed by atoms with E-state index in [1.165, 1.54) is 25.7 Å². The van der Waals surface area contributed by atoms with Crippen molar-refractivity contribution in [2.45, 2.75) is 42.6 Å². The molecule has 0 saturated heterocycles. The average Bonchev–Trinajstić information content (AvgIpc) is 3.16. The number of amidine groups is 1. The van der Waals surface area contributed by atoms with Crippen LogP contribution in [-0.4, -0.2) is 26.0 Å². The maximum Gasteiger partial charge on any atom is 0.209 e. The molecule has 1 saturated carbocycles. The predicted octanol–water partition coefficient (Wildman–Crippen LogP) is 2.36. The SMILES string of the molecule is N=C(N)c1cccc(CSc2nnnn2C2CCCC2)c1. The van der Waals surface area contributed by atoms with E-state index >= 15 is 0 Å². The van der Waals surface area contributed by atoms with E-state index in [-0.39, 0.29) is 5.84 Å². The van der Waals surface area contributed by atoms with Crippen molar-refractivity contribution in [2.75, 3.05) is 0 Å². The first kappa shape index (κ1) is 14.1. The van der Waals surface area contributed by atoms with Crippen LogP contribution in [0.25, 0.3) is 0 Å². The molecule has 0 bridgehead atoms. The molecule has 1 aliphatic rings. The zero-order valence-electron chi connectivity index (χ0n) is 11.7. The van der Waals surface area contributed by atoms with Gasteiger partial charge in [0.25, 0.3) is 0 Å². The Balaban J connectivity index is 1.69. The topological polar surface area (TPSA) is 93.5 Å². The highest BCUT2D eigenvalue weighted by atomic mass is 32.2. The molecule has 1 heterocycles. The molecule has 0 amide bonds. The third-order valence-corrected chi connectivity index (χ3v) is 4.74. The maximum absolute atomic E-state index is 7.49. The fourth-order valence-electron chi connectivity index (χ4n) is 2.64. The van der Waals surface area contributed by atoms with Gasteiger partial charge in [-0.3, -0.25) is 5.41 Å². The van der Waals surface area contributed by atoms with Crippen LogP contribution in [0.5, 0.6) is 0 Å². The minimum atomic E-state index is 0.0950. The molecule has 0 radical (unpaired) electrons. The first-order valence-corrected chi connectivity index (χ1v) is 8.06. The van der Waals surface area contributed by atoms with Crippen LogP contribution in [0, 0.1) is 5.41 Å². The number of nitrogens with zero attached hydrogens (tertiary/aromatic N) is 4. The van der Waals surface area contributed by atoms with Gasteiger partial charge in [0.2, 0.25) is 5.16 Å². The predicted molar refractivity (Wildman–Crippen MR) is 82.3 cm³/mol. The molecular weight excluding hydrogens is 284 g/mol. The second-order valence-electron chi connectivity index (χ2n) is 5.25. The van der Waals surface area contributed by atoms with E-state index < -0.39 is 0 Å². The summed E-state index contributed by atoms with van der Waals surface area (Å²) in [5.74, 6) is 0.867. The first-order valence-electron chi connectivity index (χ1n) is 7.08. The van der Waals surface area contributed by atoms with Crippen LogP contribution in [0.15, 0.2) is 29.4 Å². The monoisotopic (exact) mass is 302 g/mol. The van der Waals surface area contributed by atoms with Gasteiger partial charge in [-0.2, -0.15) is 0 Å². The summed E-state index contributed by atoms with van der Waals surface area (Å²) in [6, 6.07) is 8.19. The van der Waals surface area contributed by atoms with Gasteiger partial charge < -0.3 is 5.73 Å². The summed E-state index contributed by atoms with van der Waals surface area (Å²) in [7, 11) is 0. The number of aromatic nitrogens is 4. The minimum absolute atomic E-state index is 0.0950. The number of tetrazole rings is 1. The number of nitrogens with two attached hydrogens (primary N) is 1. The molecule has 110 valence electrons. The molecule has 1 fully saturated rings. The Bertz CT molecular complexity index is 632. The third-order valence-electron chi connectivity index (χ3n) is 3.74. The lowest BCUT2D eigenvalue weighted by Crippen LogP contribution is -2.11. The second kappa shape index (κ2) is 6.26. The summed E-state index contributed by atoms with van der Waals surface area (Å²) in [6.45, 7) is 0. The summed E-state index contributed by atoms with van der Waals surface area (Å²) in [5, 5.41) is 20.4. The molecule has 21 heavy (non-hydrogen) atoms. The lowest BCUT2D eigenvalue weighted by atomic mass is 10.1. The molecule has 6 nitrogen and oxygen atoms in total. The Kier molecular flexibility index (Phi) is 4.19. The van der Waals surface area contributed by atoms with Crippen LogP contribution in [0.4, 0.5) is 0 Å². The van der Waals surface area contributed by atoms with Crippen molar-refractivity contribution >= 4 is 17.6 Å². The highest BCUT2D eigenvalue weighted by Gasteiger charge is 2.21. The molecule has 1 aliphatic carbocycles. The summed E-state index contributed by atoms with van der Waals surface area (Å²) in [6.07, 6.45) is 4.85. The molecule has 0 aliphatic heterocycles. The number of nitrogen functional groups attached to an aromatic ring is 1.